The van der Waals surface area contributed by atoms with Crippen LogP contribution >= 0.6 is 0 Å². The molecule has 1 aromatic rings. The van der Waals surface area contributed by atoms with Crippen LogP contribution in [0.25, 0.3) is 0 Å². The van der Waals surface area contributed by atoms with Gasteiger partial charge in [0.25, 0.3) is 0 Å². The lowest BCUT2D eigenvalue weighted by molar-refractivity contribution is 0.401. The SMILES string of the molecule is O=c1cc(O)c2c(o1)CCCCCCCC2. The highest BCUT2D eigenvalue weighted by Crippen LogP contribution is 2.24. The van der Waals surface area contributed by atoms with Gasteiger partial charge in [0.15, 0.2) is 0 Å². The molecule has 3 heteroatoms. The van der Waals surface area contributed by atoms with Gasteiger partial charge < -0.3 is 9.52 Å². The molecule has 1 N–H and O–H groups in total. The highest BCUT2D eigenvalue weighted by molar-refractivity contribution is 5.33. The quantitative estimate of drug-likeness (QED) is 0.734. The van der Waals surface area contributed by atoms with Crippen molar-refractivity contribution in [3.63, 3.8) is 0 Å². The Balaban J connectivity index is 2.29. The van der Waals surface area contributed by atoms with E-state index in [4.69, 9.17) is 4.42 Å². The van der Waals surface area contributed by atoms with Crippen molar-refractivity contribution >= 4 is 0 Å². The zero-order valence-electron chi connectivity index (χ0n) is 9.50. The maximum absolute atomic E-state index is 11.2. The van der Waals surface area contributed by atoms with E-state index < -0.39 is 5.63 Å². The Hall–Kier alpha value is -1.25. The van der Waals surface area contributed by atoms with Gasteiger partial charge in [-0.3, -0.25) is 0 Å². The summed E-state index contributed by atoms with van der Waals surface area (Å²) in [5, 5.41) is 9.76. The summed E-state index contributed by atoms with van der Waals surface area (Å²) in [5.41, 5.74) is 0.412. The van der Waals surface area contributed by atoms with E-state index in [2.05, 4.69) is 0 Å². The van der Waals surface area contributed by atoms with Crippen molar-refractivity contribution in [1.29, 1.82) is 0 Å². The van der Waals surface area contributed by atoms with Crippen LogP contribution in [-0.2, 0) is 12.8 Å². The van der Waals surface area contributed by atoms with Gasteiger partial charge in [-0.1, -0.05) is 25.7 Å². The fraction of sp³-hybridized carbons (Fsp3) is 0.615. The molecule has 2 rings (SSSR count). The molecule has 0 radical (unpaired) electrons. The van der Waals surface area contributed by atoms with Crippen LogP contribution in [0.3, 0.4) is 0 Å². The Morgan fingerprint density at radius 3 is 2.38 bits per heavy atom. The average molecular weight is 222 g/mol. The fourth-order valence-electron chi connectivity index (χ4n) is 2.32. The van der Waals surface area contributed by atoms with Crippen LogP contribution in [0.1, 0.15) is 49.8 Å². The molecule has 0 aliphatic heterocycles. The van der Waals surface area contributed by atoms with Gasteiger partial charge in [0.1, 0.15) is 11.5 Å². The number of aryl methyl sites for hydroxylation is 1. The van der Waals surface area contributed by atoms with Gasteiger partial charge in [-0.15, -0.1) is 0 Å². The Morgan fingerprint density at radius 1 is 1.00 bits per heavy atom. The molecule has 0 atom stereocenters. The van der Waals surface area contributed by atoms with Crippen LogP contribution in [0.5, 0.6) is 5.75 Å². The number of aromatic hydroxyl groups is 1. The molecule has 0 unspecified atom stereocenters. The lowest BCUT2D eigenvalue weighted by Gasteiger charge is -2.11. The second kappa shape index (κ2) is 5.19. The summed E-state index contributed by atoms with van der Waals surface area (Å²) in [7, 11) is 0. The summed E-state index contributed by atoms with van der Waals surface area (Å²) in [6.07, 6.45) is 8.61. The van der Waals surface area contributed by atoms with E-state index in [0.717, 1.165) is 31.2 Å². The highest BCUT2D eigenvalue weighted by atomic mass is 16.4. The van der Waals surface area contributed by atoms with Crippen LogP contribution in [0, 0.1) is 0 Å². The molecular weight excluding hydrogens is 204 g/mol. The lowest BCUT2D eigenvalue weighted by Crippen LogP contribution is -2.05. The molecule has 1 aromatic heterocycles. The first-order chi connectivity index (χ1) is 7.77. The third-order valence-corrected chi connectivity index (χ3v) is 3.20. The molecule has 1 aliphatic rings. The predicted molar refractivity (Wildman–Crippen MR) is 61.8 cm³/mol. The molecule has 0 bridgehead atoms. The van der Waals surface area contributed by atoms with Crippen molar-refractivity contribution in [2.24, 2.45) is 0 Å². The minimum Gasteiger partial charge on any atom is -0.507 e. The topological polar surface area (TPSA) is 50.4 Å². The van der Waals surface area contributed by atoms with E-state index >= 15 is 0 Å². The summed E-state index contributed by atoms with van der Waals surface area (Å²) in [4.78, 5) is 11.2. The maximum atomic E-state index is 11.2. The number of hydrogen-bond donors (Lipinski definition) is 1. The van der Waals surface area contributed by atoms with E-state index in [1.165, 1.54) is 31.7 Å². The fourth-order valence-corrected chi connectivity index (χ4v) is 2.32. The van der Waals surface area contributed by atoms with Crippen molar-refractivity contribution in [1.82, 2.24) is 0 Å². The molecule has 3 nitrogen and oxygen atoms in total. The first-order valence-corrected chi connectivity index (χ1v) is 6.12. The Bertz CT molecular complexity index is 406. The van der Waals surface area contributed by atoms with Crippen LogP contribution < -0.4 is 5.63 Å². The van der Waals surface area contributed by atoms with Crippen LogP contribution in [0.2, 0.25) is 0 Å². The minimum absolute atomic E-state index is 0.117. The van der Waals surface area contributed by atoms with Gasteiger partial charge in [-0.2, -0.15) is 0 Å². The van der Waals surface area contributed by atoms with E-state index in [1.807, 2.05) is 0 Å². The summed E-state index contributed by atoms with van der Waals surface area (Å²) in [6, 6.07) is 1.19. The summed E-state index contributed by atoms with van der Waals surface area (Å²) < 4.78 is 5.20. The zero-order chi connectivity index (χ0) is 11.4. The second-order valence-electron chi connectivity index (χ2n) is 4.47. The van der Waals surface area contributed by atoms with E-state index in [9.17, 15) is 9.90 Å². The largest absolute Gasteiger partial charge is 0.507 e. The molecule has 16 heavy (non-hydrogen) atoms. The zero-order valence-corrected chi connectivity index (χ0v) is 9.50. The lowest BCUT2D eigenvalue weighted by atomic mass is 9.98. The third kappa shape index (κ3) is 2.65. The minimum atomic E-state index is -0.437. The maximum Gasteiger partial charge on any atom is 0.339 e. The van der Waals surface area contributed by atoms with Crippen molar-refractivity contribution in [3.8, 4) is 5.75 Å². The first kappa shape index (κ1) is 11.2. The molecular formula is C13H18O3. The van der Waals surface area contributed by atoms with Gasteiger partial charge in [-0.25, -0.2) is 4.79 Å². The number of hydrogen-bond acceptors (Lipinski definition) is 3. The number of rotatable bonds is 0. The normalized spacial score (nSPS) is 17.8. The molecule has 1 heterocycles. The molecule has 0 amide bonds. The van der Waals surface area contributed by atoms with E-state index in [1.54, 1.807) is 0 Å². The smallest absolute Gasteiger partial charge is 0.339 e. The van der Waals surface area contributed by atoms with Crippen molar-refractivity contribution in [2.45, 2.75) is 51.4 Å². The summed E-state index contributed by atoms with van der Waals surface area (Å²) in [5.74, 6) is 0.818. The molecule has 0 spiro atoms. The Labute approximate surface area is 95.1 Å². The van der Waals surface area contributed by atoms with Gasteiger partial charge in [0.2, 0.25) is 0 Å². The molecule has 88 valence electrons. The molecule has 0 aromatic carbocycles. The number of fused-ring (bicyclic) bond motifs is 1. The Morgan fingerprint density at radius 2 is 1.62 bits per heavy atom. The average Bonchev–Trinajstić information content (AvgIpc) is 2.25. The monoisotopic (exact) mass is 222 g/mol. The van der Waals surface area contributed by atoms with Crippen molar-refractivity contribution in [2.75, 3.05) is 0 Å². The standard InChI is InChI=1S/C13H18O3/c14-11-9-13(15)16-12-8-6-4-2-1-3-5-7-10(11)12/h9,14H,1-8H2. The van der Waals surface area contributed by atoms with Gasteiger partial charge >= 0.3 is 5.63 Å². The molecule has 0 saturated carbocycles. The predicted octanol–water partition coefficient (Wildman–Crippen LogP) is 2.78. The van der Waals surface area contributed by atoms with Crippen molar-refractivity contribution in [3.05, 3.63) is 27.8 Å². The van der Waals surface area contributed by atoms with Gasteiger partial charge in [0, 0.05) is 12.0 Å². The van der Waals surface area contributed by atoms with Crippen LogP contribution in [-0.4, -0.2) is 5.11 Å². The summed E-state index contributed by atoms with van der Waals surface area (Å²) in [6.45, 7) is 0. The van der Waals surface area contributed by atoms with Crippen LogP contribution in [0.4, 0.5) is 0 Å². The molecule has 0 fully saturated rings. The summed E-state index contributed by atoms with van der Waals surface area (Å²) >= 11 is 0. The first-order valence-electron chi connectivity index (χ1n) is 6.12. The highest BCUT2D eigenvalue weighted by Gasteiger charge is 2.13. The van der Waals surface area contributed by atoms with Crippen molar-refractivity contribution < 1.29 is 9.52 Å². The molecule has 0 saturated heterocycles. The van der Waals surface area contributed by atoms with Gasteiger partial charge in [0.05, 0.1) is 6.07 Å². The van der Waals surface area contributed by atoms with E-state index in [0.29, 0.717) is 5.76 Å². The molecule has 1 aliphatic carbocycles. The third-order valence-electron chi connectivity index (χ3n) is 3.20. The van der Waals surface area contributed by atoms with Gasteiger partial charge in [-0.05, 0) is 19.3 Å². The van der Waals surface area contributed by atoms with Crippen LogP contribution in [0.15, 0.2) is 15.3 Å². The second-order valence-corrected chi connectivity index (χ2v) is 4.47. The van der Waals surface area contributed by atoms with E-state index in [-0.39, 0.29) is 5.75 Å². The Kier molecular flexibility index (Phi) is 3.65.